The SMILES string of the molecule is Cc1cccc(S(=O)(=O)NCCC(C)N)c1C#N.Cl. The Labute approximate surface area is 120 Å². The molecule has 0 amide bonds. The minimum absolute atomic E-state index is 0. The van der Waals surface area contributed by atoms with Crippen LogP contribution in [0.25, 0.3) is 0 Å². The Bertz CT molecular complexity index is 565. The molecule has 3 N–H and O–H groups in total. The molecule has 5 nitrogen and oxygen atoms in total. The number of nitrogens with zero attached hydrogens (tertiary/aromatic N) is 1. The lowest BCUT2D eigenvalue weighted by molar-refractivity contribution is 0.571. The first-order chi connectivity index (χ1) is 8.38. The molecular formula is C12H18ClN3O2S. The van der Waals surface area contributed by atoms with E-state index >= 15 is 0 Å². The van der Waals surface area contributed by atoms with Crippen LogP contribution in [0.2, 0.25) is 0 Å². The molecule has 0 aromatic heterocycles. The summed E-state index contributed by atoms with van der Waals surface area (Å²) in [5, 5.41) is 9.01. The summed E-state index contributed by atoms with van der Waals surface area (Å²) in [4.78, 5) is 0.0228. The fraction of sp³-hybridized carbons (Fsp3) is 0.417. The van der Waals surface area contributed by atoms with Gasteiger partial charge in [0.2, 0.25) is 10.0 Å². The van der Waals surface area contributed by atoms with Crippen molar-refractivity contribution in [3.8, 4) is 6.07 Å². The average Bonchev–Trinajstić information content (AvgIpc) is 2.27. The van der Waals surface area contributed by atoms with E-state index in [2.05, 4.69) is 4.72 Å². The molecule has 7 heteroatoms. The van der Waals surface area contributed by atoms with Crippen LogP contribution in [0, 0.1) is 18.3 Å². The lowest BCUT2D eigenvalue weighted by Crippen LogP contribution is -2.29. The summed E-state index contributed by atoms with van der Waals surface area (Å²) in [6, 6.07) is 6.62. The highest BCUT2D eigenvalue weighted by molar-refractivity contribution is 7.89. The second-order valence-corrected chi connectivity index (χ2v) is 5.96. The molecule has 1 aromatic rings. The standard InChI is InChI=1S/C12H17N3O2S.ClH/c1-9-4-3-5-12(11(9)8-13)18(16,17)15-7-6-10(2)14;/h3-5,10,15H,6-7,14H2,1-2H3;1H. The van der Waals surface area contributed by atoms with Gasteiger partial charge in [-0.1, -0.05) is 12.1 Å². The molecule has 0 aliphatic rings. The Hall–Kier alpha value is -1.13. The molecule has 1 unspecified atom stereocenters. The third-order valence-corrected chi connectivity index (χ3v) is 4.03. The van der Waals surface area contributed by atoms with Gasteiger partial charge in [-0.25, -0.2) is 13.1 Å². The van der Waals surface area contributed by atoms with Crippen LogP contribution in [-0.2, 0) is 10.0 Å². The fourth-order valence-electron chi connectivity index (χ4n) is 1.51. The van der Waals surface area contributed by atoms with Gasteiger partial charge in [0.1, 0.15) is 6.07 Å². The molecule has 1 rings (SSSR count). The van der Waals surface area contributed by atoms with Crippen molar-refractivity contribution in [1.29, 1.82) is 5.26 Å². The normalized spacial score (nSPS) is 12.3. The highest BCUT2D eigenvalue weighted by atomic mass is 35.5. The van der Waals surface area contributed by atoms with Gasteiger partial charge in [0.15, 0.2) is 0 Å². The second-order valence-electron chi connectivity index (χ2n) is 4.22. The third-order valence-electron chi connectivity index (χ3n) is 2.53. The maximum atomic E-state index is 12.0. The van der Waals surface area contributed by atoms with Gasteiger partial charge in [-0.2, -0.15) is 5.26 Å². The van der Waals surface area contributed by atoms with Gasteiger partial charge in [-0.15, -0.1) is 12.4 Å². The van der Waals surface area contributed by atoms with E-state index in [1.807, 2.05) is 13.0 Å². The van der Waals surface area contributed by atoms with Gasteiger partial charge in [0, 0.05) is 12.6 Å². The van der Waals surface area contributed by atoms with E-state index in [0.717, 1.165) is 0 Å². The number of halogens is 1. The molecule has 1 atom stereocenters. The lowest BCUT2D eigenvalue weighted by Gasteiger charge is -2.10. The zero-order valence-electron chi connectivity index (χ0n) is 10.9. The summed E-state index contributed by atoms with van der Waals surface area (Å²) in [7, 11) is -3.65. The summed E-state index contributed by atoms with van der Waals surface area (Å²) < 4.78 is 26.5. The maximum absolute atomic E-state index is 12.0. The zero-order chi connectivity index (χ0) is 13.8. The minimum atomic E-state index is -3.65. The van der Waals surface area contributed by atoms with Crippen LogP contribution in [-0.4, -0.2) is 21.0 Å². The van der Waals surface area contributed by atoms with Gasteiger partial charge < -0.3 is 5.73 Å². The third kappa shape index (κ3) is 4.80. The molecule has 0 spiro atoms. The molecule has 0 saturated heterocycles. The smallest absolute Gasteiger partial charge is 0.241 e. The molecule has 106 valence electrons. The van der Waals surface area contributed by atoms with Crippen LogP contribution in [0.15, 0.2) is 23.1 Å². The second kappa shape index (κ2) is 7.46. The summed E-state index contributed by atoms with van der Waals surface area (Å²) in [6.45, 7) is 3.78. The summed E-state index contributed by atoms with van der Waals surface area (Å²) in [5.74, 6) is 0. The quantitative estimate of drug-likeness (QED) is 0.857. The van der Waals surface area contributed by atoms with Crippen molar-refractivity contribution in [3.63, 3.8) is 0 Å². The fourth-order valence-corrected chi connectivity index (χ4v) is 2.78. The monoisotopic (exact) mass is 303 g/mol. The van der Waals surface area contributed by atoms with E-state index in [1.54, 1.807) is 19.1 Å². The van der Waals surface area contributed by atoms with Gasteiger partial charge >= 0.3 is 0 Å². The van der Waals surface area contributed by atoms with Crippen molar-refractivity contribution < 1.29 is 8.42 Å². The van der Waals surface area contributed by atoms with E-state index in [1.165, 1.54) is 6.07 Å². The molecule has 19 heavy (non-hydrogen) atoms. The predicted octanol–water partition coefficient (Wildman–Crippen LogP) is 1.30. The number of rotatable bonds is 5. The first-order valence-corrected chi connectivity index (χ1v) is 7.11. The average molecular weight is 304 g/mol. The van der Waals surface area contributed by atoms with Crippen LogP contribution >= 0.6 is 12.4 Å². The lowest BCUT2D eigenvalue weighted by atomic mass is 10.1. The minimum Gasteiger partial charge on any atom is -0.328 e. The number of hydrogen-bond donors (Lipinski definition) is 2. The highest BCUT2D eigenvalue weighted by Gasteiger charge is 2.19. The van der Waals surface area contributed by atoms with E-state index in [9.17, 15) is 8.42 Å². The van der Waals surface area contributed by atoms with Gasteiger partial charge in [-0.05, 0) is 31.9 Å². The Morgan fingerprint density at radius 2 is 2.11 bits per heavy atom. The predicted molar refractivity (Wildman–Crippen MR) is 76.6 cm³/mol. The Morgan fingerprint density at radius 1 is 1.47 bits per heavy atom. The molecule has 0 radical (unpaired) electrons. The van der Waals surface area contributed by atoms with Gasteiger partial charge in [-0.3, -0.25) is 0 Å². The molecule has 1 aromatic carbocycles. The van der Waals surface area contributed by atoms with Gasteiger partial charge in [0.05, 0.1) is 10.5 Å². The zero-order valence-corrected chi connectivity index (χ0v) is 12.5. The number of benzene rings is 1. The van der Waals surface area contributed by atoms with Crippen molar-refractivity contribution in [2.75, 3.05) is 6.54 Å². The Balaban J connectivity index is 0.00000324. The molecule has 0 aliphatic carbocycles. The number of sulfonamides is 1. The summed E-state index contributed by atoms with van der Waals surface area (Å²) in [5.41, 5.74) is 6.39. The Kier molecular flexibility index (Phi) is 7.01. The number of nitrogens with one attached hydrogen (secondary N) is 1. The largest absolute Gasteiger partial charge is 0.328 e. The molecule has 0 saturated carbocycles. The van der Waals surface area contributed by atoms with Crippen LogP contribution < -0.4 is 10.5 Å². The molecule has 0 bridgehead atoms. The summed E-state index contributed by atoms with van der Waals surface area (Å²) >= 11 is 0. The first-order valence-electron chi connectivity index (χ1n) is 5.63. The Morgan fingerprint density at radius 3 is 2.63 bits per heavy atom. The van der Waals surface area contributed by atoms with Crippen molar-refractivity contribution in [2.45, 2.75) is 31.2 Å². The topological polar surface area (TPSA) is 96.0 Å². The first kappa shape index (κ1) is 17.9. The van der Waals surface area contributed by atoms with Crippen molar-refractivity contribution in [2.24, 2.45) is 5.73 Å². The van der Waals surface area contributed by atoms with E-state index in [0.29, 0.717) is 12.0 Å². The highest BCUT2D eigenvalue weighted by Crippen LogP contribution is 2.18. The summed E-state index contributed by atoms with van der Waals surface area (Å²) in [6.07, 6.45) is 0.549. The maximum Gasteiger partial charge on any atom is 0.241 e. The van der Waals surface area contributed by atoms with Crippen molar-refractivity contribution in [1.82, 2.24) is 4.72 Å². The van der Waals surface area contributed by atoms with Crippen LogP contribution in [0.3, 0.4) is 0 Å². The number of nitriles is 1. The van der Waals surface area contributed by atoms with Gasteiger partial charge in [0.25, 0.3) is 0 Å². The molecule has 0 aliphatic heterocycles. The van der Waals surface area contributed by atoms with Crippen LogP contribution in [0.4, 0.5) is 0 Å². The molecule has 0 heterocycles. The van der Waals surface area contributed by atoms with Crippen LogP contribution in [0.5, 0.6) is 0 Å². The van der Waals surface area contributed by atoms with E-state index < -0.39 is 10.0 Å². The number of aryl methyl sites for hydroxylation is 1. The number of hydrogen-bond acceptors (Lipinski definition) is 4. The number of nitrogens with two attached hydrogens (primary N) is 1. The molecule has 0 fully saturated rings. The van der Waals surface area contributed by atoms with E-state index in [4.69, 9.17) is 11.0 Å². The van der Waals surface area contributed by atoms with Crippen molar-refractivity contribution in [3.05, 3.63) is 29.3 Å². The van der Waals surface area contributed by atoms with E-state index in [-0.39, 0.29) is 35.5 Å². The molecular weight excluding hydrogens is 286 g/mol. The van der Waals surface area contributed by atoms with Crippen LogP contribution in [0.1, 0.15) is 24.5 Å². The van der Waals surface area contributed by atoms with Crippen molar-refractivity contribution >= 4 is 22.4 Å².